The van der Waals surface area contributed by atoms with E-state index in [0.29, 0.717) is 25.2 Å². The zero-order chi connectivity index (χ0) is 21.3. The minimum atomic E-state index is -1.17. The van der Waals surface area contributed by atoms with E-state index in [1.165, 1.54) is 32.1 Å². The van der Waals surface area contributed by atoms with Crippen LogP contribution in [0, 0.1) is 5.92 Å². The third-order valence-electron chi connectivity index (χ3n) is 6.03. The SMILES string of the molecule is O=C(CCC1CCCCC1)N[C@@H](CCc1ccccc1)C(O)C1=N[C@H](C(=O)O)CO1. The van der Waals surface area contributed by atoms with Crippen LogP contribution in [0.4, 0.5) is 0 Å². The van der Waals surface area contributed by atoms with Gasteiger partial charge in [-0.3, -0.25) is 4.79 Å². The third-order valence-corrected chi connectivity index (χ3v) is 6.03. The Morgan fingerprint density at radius 2 is 1.90 bits per heavy atom. The Morgan fingerprint density at radius 1 is 1.17 bits per heavy atom. The fourth-order valence-corrected chi connectivity index (χ4v) is 4.22. The van der Waals surface area contributed by atoms with Crippen LogP contribution in [0.5, 0.6) is 0 Å². The molecule has 0 radical (unpaired) electrons. The molecule has 0 spiro atoms. The van der Waals surface area contributed by atoms with E-state index >= 15 is 0 Å². The normalized spacial score (nSPS) is 21.4. The fourth-order valence-electron chi connectivity index (χ4n) is 4.22. The topological polar surface area (TPSA) is 108 Å². The van der Waals surface area contributed by atoms with Gasteiger partial charge >= 0.3 is 5.97 Å². The molecule has 1 aromatic rings. The van der Waals surface area contributed by atoms with Gasteiger partial charge in [-0.25, -0.2) is 9.79 Å². The maximum absolute atomic E-state index is 12.6. The predicted molar refractivity (Wildman–Crippen MR) is 113 cm³/mol. The summed E-state index contributed by atoms with van der Waals surface area (Å²) in [6.45, 7) is -0.0945. The molecule has 164 valence electrons. The molecule has 3 rings (SSSR count). The number of amides is 1. The minimum absolute atomic E-state index is 0.00644. The number of aliphatic hydroxyl groups excluding tert-OH is 1. The number of aryl methyl sites for hydroxylation is 1. The summed E-state index contributed by atoms with van der Waals surface area (Å²) in [5.74, 6) is -0.579. The Labute approximate surface area is 177 Å². The highest BCUT2D eigenvalue weighted by Crippen LogP contribution is 2.27. The minimum Gasteiger partial charge on any atom is -0.480 e. The lowest BCUT2D eigenvalue weighted by molar-refractivity contribution is -0.138. The van der Waals surface area contributed by atoms with Gasteiger partial charge in [-0.1, -0.05) is 62.4 Å². The number of nitrogens with zero attached hydrogens (tertiary/aromatic N) is 1. The van der Waals surface area contributed by atoms with Crippen LogP contribution in [-0.2, 0) is 20.7 Å². The van der Waals surface area contributed by atoms with Gasteiger partial charge in [-0.05, 0) is 30.7 Å². The number of hydrogen-bond acceptors (Lipinski definition) is 5. The summed E-state index contributed by atoms with van der Waals surface area (Å²) in [5, 5.41) is 22.8. The van der Waals surface area contributed by atoms with Crippen molar-refractivity contribution in [2.45, 2.75) is 76.0 Å². The van der Waals surface area contributed by atoms with Gasteiger partial charge in [0.05, 0.1) is 6.04 Å². The first-order valence-corrected chi connectivity index (χ1v) is 11.0. The number of hydrogen-bond donors (Lipinski definition) is 3. The monoisotopic (exact) mass is 416 g/mol. The Balaban J connectivity index is 1.60. The summed E-state index contributed by atoms with van der Waals surface area (Å²) in [4.78, 5) is 27.7. The first-order valence-electron chi connectivity index (χ1n) is 11.0. The second-order valence-electron chi connectivity index (χ2n) is 8.32. The molecule has 7 nitrogen and oxygen atoms in total. The molecule has 1 heterocycles. The Bertz CT molecular complexity index is 730. The molecule has 30 heavy (non-hydrogen) atoms. The molecule has 1 aromatic carbocycles. The van der Waals surface area contributed by atoms with Gasteiger partial charge in [0, 0.05) is 6.42 Å². The smallest absolute Gasteiger partial charge is 0.332 e. The molecule has 1 aliphatic heterocycles. The van der Waals surface area contributed by atoms with Crippen LogP contribution < -0.4 is 5.32 Å². The zero-order valence-corrected chi connectivity index (χ0v) is 17.3. The van der Waals surface area contributed by atoms with Gasteiger partial charge in [0.25, 0.3) is 0 Å². The molecule has 0 bridgehead atoms. The number of aliphatic hydroxyl groups is 1. The van der Waals surface area contributed by atoms with E-state index in [0.717, 1.165) is 12.0 Å². The zero-order valence-electron chi connectivity index (χ0n) is 17.3. The summed E-state index contributed by atoms with van der Waals surface area (Å²) >= 11 is 0. The quantitative estimate of drug-likeness (QED) is 0.543. The standard InChI is InChI=1S/C23H32N2O5/c26-20(14-12-17-9-5-2-6-10-17)24-18(13-11-16-7-3-1-4-8-16)21(27)22-25-19(15-30-22)23(28)29/h1,3-4,7-8,17-19,21,27H,2,5-6,9-15H2,(H,24,26)(H,28,29)/t18-,19-,21?/m0/s1. The van der Waals surface area contributed by atoms with Crippen LogP contribution >= 0.6 is 0 Å². The number of ether oxygens (including phenoxy) is 1. The number of nitrogens with one attached hydrogen (secondary N) is 1. The van der Waals surface area contributed by atoms with Crippen LogP contribution in [0.25, 0.3) is 0 Å². The van der Waals surface area contributed by atoms with E-state index < -0.39 is 24.2 Å². The van der Waals surface area contributed by atoms with Crippen molar-refractivity contribution >= 4 is 17.8 Å². The first kappa shape index (κ1) is 22.3. The van der Waals surface area contributed by atoms with Gasteiger partial charge in [0.1, 0.15) is 12.7 Å². The van der Waals surface area contributed by atoms with Gasteiger partial charge in [-0.15, -0.1) is 0 Å². The first-order chi connectivity index (χ1) is 14.5. The lowest BCUT2D eigenvalue weighted by atomic mass is 9.86. The van der Waals surface area contributed by atoms with E-state index in [9.17, 15) is 14.7 Å². The highest BCUT2D eigenvalue weighted by Gasteiger charge is 2.34. The van der Waals surface area contributed by atoms with Crippen molar-refractivity contribution in [1.82, 2.24) is 5.32 Å². The Kier molecular flexibility index (Phi) is 8.25. The van der Waals surface area contributed by atoms with E-state index in [1.807, 2.05) is 30.3 Å². The van der Waals surface area contributed by atoms with Crippen molar-refractivity contribution in [2.75, 3.05) is 6.61 Å². The van der Waals surface area contributed by atoms with Gasteiger partial charge in [-0.2, -0.15) is 0 Å². The van der Waals surface area contributed by atoms with Crippen LogP contribution in [-0.4, -0.2) is 52.8 Å². The number of aliphatic imine (C=N–C) groups is 1. The largest absolute Gasteiger partial charge is 0.480 e. The van der Waals surface area contributed by atoms with Crippen LogP contribution in [0.2, 0.25) is 0 Å². The van der Waals surface area contributed by atoms with Gasteiger partial charge < -0.3 is 20.3 Å². The molecule has 1 fully saturated rings. The summed E-state index contributed by atoms with van der Waals surface area (Å²) < 4.78 is 5.33. The van der Waals surface area contributed by atoms with Crippen molar-refractivity contribution in [3.8, 4) is 0 Å². The number of carboxylic acids is 1. The predicted octanol–water partition coefficient (Wildman–Crippen LogP) is 2.71. The summed E-state index contributed by atoms with van der Waals surface area (Å²) in [7, 11) is 0. The molecule has 1 amide bonds. The van der Waals surface area contributed by atoms with Crippen LogP contribution in [0.15, 0.2) is 35.3 Å². The lowest BCUT2D eigenvalue weighted by Crippen LogP contribution is -2.47. The maximum Gasteiger partial charge on any atom is 0.332 e. The third kappa shape index (κ3) is 6.55. The molecule has 0 saturated heterocycles. The molecule has 1 aliphatic carbocycles. The van der Waals surface area contributed by atoms with E-state index in [-0.39, 0.29) is 18.4 Å². The maximum atomic E-state index is 12.6. The van der Waals surface area contributed by atoms with Crippen molar-refractivity contribution < 1.29 is 24.5 Å². The number of carbonyl (C=O) groups excluding carboxylic acids is 1. The fraction of sp³-hybridized carbons (Fsp3) is 0.609. The highest BCUT2D eigenvalue weighted by molar-refractivity contribution is 5.88. The Morgan fingerprint density at radius 3 is 2.57 bits per heavy atom. The number of carboxylic acid groups (broad SMARTS) is 1. The number of aliphatic carboxylic acids is 1. The Hall–Kier alpha value is -2.41. The average molecular weight is 417 g/mol. The van der Waals surface area contributed by atoms with Crippen LogP contribution in [0.3, 0.4) is 0 Å². The second-order valence-corrected chi connectivity index (χ2v) is 8.32. The second kappa shape index (κ2) is 11.1. The van der Waals surface area contributed by atoms with E-state index in [4.69, 9.17) is 9.84 Å². The number of carbonyl (C=O) groups is 2. The molecular weight excluding hydrogens is 384 g/mol. The molecule has 0 aromatic heterocycles. The summed E-state index contributed by atoms with van der Waals surface area (Å²) in [6.07, 6.45) is 7.45. The van der Waals surface area contributed by atoms with E-state index in [1.54, 1.807) is 0 Å². The molecule has 1 saturated carbocycles. The van der Waals surface area contributed by atoms with Gasteiger partial charge in [0.15, 0.2) is 6.04 Å². The van der Waals surface area contributed by atoms with Crippen LogP contribution in [0.1, 0.15) is 56.9 Å². The highest BCUT2D eigenvalue weighted by atomic mass is 16.5. The number of benzene rings is 1. The van der Waals surface area contributed by atoms with Crippen molar-refractivity contribution in [1.29, 1.82) is 0 Å². The van der Waals surface area contributed by atoms with Crippen molar-refractivity contribution in [3.05, 3.63) is 35.9 Å². The molecular formula is C23H32N2O5. The summed E-state index contributed by atoms with van der Waals surface area (Å²) in [5.41, 5.74) is 1.10. The number of rotatable bonds is 10. The molecule has 7 heteroatoms. The molecule has 3 N–H and O–H groups in total. The molecule has 3 atom stereocenters. The molecule has 1 unspecified atom stereocenters. The van der Waals surface area contributed by atoms with Crippen molar-refractivity contribution in [2.24, 2.45) is 10.9 Å². The summed E-state index contributed by atoms with van der Waals surface area (Å²) in [6, 6.07) is 8.24. The lowest BCUT2D eigenvalue weighted by Gasteiger charge is -2.25. The average Bonchev–Trinajstić information content (AvgIpc) is 3.27. The van der Waals surface area contributed by atoms with Crippen molar-refractivity contribution in [3.63, 3.8) is 0 Å². The van der Waals surface area contributed by atoms with E-state index in [2.05, 4.69) is 10.3 Å². The molecule has 2 aliphatic rings. The van der Waals surface area contributed by atoms with Gasteiger partial charge in [0.2, 0.25) is 11.8 Å².